The van der Waals surface area contributed by atoms with E-state index >= 15 is 0 Å². The van der Waals surface area contributed by atoms with E-state index in [-0.39, 0.29) is 23.9 Å². The summed E-state index contributed by atoms with van der Waals surface area (Å²) in [5, 5.41) is 0. The lowest BCUT2D eigenvalue weighted by molar-refractivity contribution is -0.141. The smallest absolute Gasteiger partial charge is 0.267 e. The molecular formula is C22H22F4N2O3S. The summed E-state index contributed by atoms with van der Waals surface area (Å²) in [6.45, 7) is -0.633. The molecule has 32 heavy (non-hydrogen) atoms. The number of alkyl halides is 2. The molecule has 1 aliphatic carbocycles. The normalized spacial score (nSPS) is 24.9. The number of nitrogens with one attached hydrogen (secondary N) is 1. The highest BCUT2D eigenvalue weighted by molar-refractivity contribution is 7.88. The number of hydrogen-bond acceptors (Lipinski definition) is 3. The van der Waals surface area contributed by atoms with E-state index in [2.05, 4.69) is 0 Å². The summed E-state index contributed by atoms with van der Waals surface area (Å²) in [6.07, 6.45) is 0.558. The van der Waals surface area contributed by atoms with Crippen LogP contribution in [0.2, 0.25) is 0 Å². The molecule has 10 heteroatoms. The first-order valence-corrected chi connectivity index (χ1v) is 12.0. The molecule has 0 bridgehead atoms. The number of halogens is 4. The molecule has 1 saturated heterocycles. The molecule has 172 valence electrons. The lowest BCUT2D eigenvalue weighted by Gasteiger charge is -2.38. The minimum atomic E-state index is -3.89. The van der Waals surface area contributed by atoms with Crippen LogP contribution in [0.5, 0.6) is 0 Å². The number of likely N-dealkylation sites (tertiary alicyclic amines) is 1. The first kappa shape index (κ1) is 22.7. The summed E-state index contributed by atoms with van der Waals surface area (Å²) in [5.41, 5.74) is 0.796. The third kappa shape index (κ3) is 4.52. The molecule has 2 aromatic carbocycles. The highest BCUT2D eigenvalue weighted by Gasteiger charge is 2.51. The molecule has 4 rings (SSSR count). The van der Waals surface area contributed by atoms with E-state index in [4.69, 9.17) is 0 Å². The number of carbonyl (C=O) groups is 1. The van der Waals surface area contributed by atoms with Gasteiger partial charge in [-0.25, -0.2) is 30.7 Å². The summed E-state index contributed by atoms with van der Waals surface area (Å²) < 4.78 is 81.9. The lowest BCUT2D eigenvalue weighted by Crippen LogP contribution is -2.59. The van der Waals surface area contributed by atoms with Crippen molar-refractivity contribution in [2.75, 3.05) is 19.3 Å². The van der Waals surface area contributed by atoms with Crippen molar-refractivity contribution in [3.05, 3.63) is 59.7 Å². The molecule has 1 aliphatic heterocycles. The Balaban J connectivity index is 1.54. The van der Waals surface area contributed by atoms with E-state index in [1.165, 1.54) is 11.0 Å². The van der Waals surface area contributed by atoms with Crippen molar-refractivity contribution in [3.63, 3.8) is 0 Å². The zero-order valence-electron chi connectivity index (χ0n) is 17.2. The number of hydrogen-bond donors (Lipinski definition) is 1. The maximum Gasteiger partial charge on any atom is 0.267 e. The second-order valence-corrected chi connectivity index (χ2v) is 10.2. The fourth-order valence-electron chi connectivity index (χ4n) is 4.33. The Morgan fingerprint density at radius 2 is 1.75 bits per heavy atom. The molecule has 2 aromatic rings. The highest BCUT2D eigenvalue weighted by Crippen LogP contribution is 2.52. The minimum absolute atomic E-state index is 0.170. The maximum atomic E-state index is 14.4. The molecule has 5 nitrogen and oxygen atoms in total. The highest BCUT2D eigenvalue weighted by atomic mass is 32.2. The van der Waals surface area contributed by atoms with Crippen LogP contribution >= 0.6 is 0 Å². The van der Waals surface area contributed by atoms with Crippen LogP contribution < -0.4 is 4.72 Å². The zero-order valence-corrected chi connectivity index (χ0v) is 18.0. The predicted octanol–water partition coefficient (Wildman–Crippen LogP) is 3.52. The molecule has 3 atom stereocenters. The average Bonchev–Trinajstić information content (AvgIpc) is 3.49. The van der Waals surface area contributed by atoms with Crippen molar-refractivity contribution in [2.45, 2.75) is 30.7 Å². The summed E-state index contributed by atoms with van der Waals surface area (Å²) in [5.74, 6) is -5.88. The SMILES string of the molecule is CS(=O)(=O)N[C@@H]1CN(C(=O)C2CC2c2ccccc2-c2c(F)cccc2F)CCC1(F)F. The number of piperidine rings is 1. The molecule has 0 aromatic heterocycles. The molecule has 2 fully saturated rings. The first-order chi connectivity index (χ1) is 15.0. The average molecular weight is 470 g/mol. The summed E-state index contributed by atoms with van der Waals surface area (Å²) in [4.78, 5) is 14.3. The fraction of sp³-hybridized carbons (Fsp3) is 0.409. The number of benzene rings is 2. The van der Waals surface area contributed by atoms with Gasteiger partial charge < -0.3 is 4.90 Å². The van der Waals surface area contributed by atoms with Crippen LogP contribution in [0.3, 0.4) is 0 Å². The topological polar surface area (TPSA) is 66.5 Å². The van der Waals surface area contributed by atoms with Gasteiger partial charge in [0.25, 0.3) is 5.92 Å². The summed E-state index contributed by atoms with van der Waals surface area (Å²) >= 11 is 0. The molecule has 1 saturated carbocycles. The van der Waals surface area contributed by atoms with Crippen molar-refractivity contribution in [1.82, 2.24) is 9.62 Å². The lowest BCUT2D eigenvalue weighted by atomic mass is 9.94. The number of sulfonamides is 1. The van der Waals surface area contributed by atoms with Gasteiger partial charge in [0.05, 0.1) is 11.8 Å². The summed E-state index contributed by atoms with van der Waals surface area (Å²) in [6, 6.07) is 8.55. The second-order valence-electron chi connectivity index (χ2n) is 8.37. The third-order valence-corrected chi connectivity index (χ3v) is 6.71. The van der Waals surface area contributed by atoms with Gasteiger partial charge >= 0.3 is 0 Å². The van der Waals surface area contributed by atoms with Gasteiger partial charge in [0.1, 0.15) is 17.7 Å². The number of amides is 1. The standard InChI is InChI=1S/C22H22F4N2O3S/c1-32(30,31)27-19-12-28(10-9-22(19,25)26)21(29)16-11-15(16)13-5-2-3-6-14(13)20-17(23)7-4-8-18(20)24/h2-8,15-16,19,27H,9-12H2,1H3/t15?,16?,19-/m1/s1. The van der Waals surface area contributed by atoms with E-state index in [1.54, 1.807) is 24.3 Å². The van der Waals surface area contributed by atoms with E-state index in [0.717, 1.165) is 18.4 Å². The Morgan fingerprint density at radius 3 is 2.41 bits per heavy atom. The van der Waals surface area contributed by atoms with Crippen LogP contribution in [0.4, 0.5) is 17.6 Å². The van der Waals surface area contributed by atoms with Crippen LogP contribution in [0, 0.1) is 17.6 Å². The van der Waals surface area contributed by atoms with Crippen LogP contribution in [-0.2, 0) is 14.8 Å². The Kier molecular flexibility index (Phi) is 5.79. The molecule has 0 radical (unpaired) electrons. The number of rotatable bonds is 5. The van der Waals surface area contributed by atoms with E-state index in [1.807, 2.05) is 4.72 Å². The Morgan fingerprint density at radius 1 is 1.09 bits per heavy atom. The monoisotopic (exact) mass is 470 g/mol. The van der Waals surface area contributed by atoms with Crippen molar-refractivity contribution >= 4 is 15.9 Å². The van der Waals surface area contributed by atoms with Crippen LogP contribution in [0.15, 0.2) is 42.5 Å². The Labute approximate surface area is 183 Å². The quantitative estimate of drug-likeness (QED) is 0.680. The van der Waals surface area contributed by atoms with Gasteiger partial charge in [0.2, 0.25) is 15.9 Å². The fourth-order valence-corrected chi connectivity index (χ4v) is 5.10. The minimum Gasteiger partial charge on any atom is -0.340 e. The van der Waals surface area contributed by atoms with Crippen LogP contribution in [-0.4, -0.2) is 50.5 Å². The maximum absolute atomic E-state index is 14.4. The van der Waals surface area contributed by atoms with Crippen molar-refractivity contribution in [3.8, 4) is 11.1 Å². The van der Waals surface area contributed by atoms with Gasteiger partial charge in [0, 0.05) is 25.4 Å². The van der Waals surface area contributed by atoms with Gasteiger partial charge in [-0.05, 0) is 35.6 Å². The molecule has 1 amide bonds. The zero-order chi connectivity index (χ0) is 23.3. The predicted molar refractivity (Wildman–Crippen MR) is 111 cm³/mol. The third-order valence-electron chi connectivity index (χ3n) is 6.00. The molecule has 0 spiro atoms. The largest absolute Gasteiger partial charge is 0.340 e. The Hall–Kier alpha value is -2.46. The van der Waals surface area contributed by atoms with Gasteiger partial charge in [-0.15, -0.1) is 0 Å². The van der Waals surface area contributed by atoms with Crippen LogP contribution in [0.1, 0.15) is 24.3 Å². The molecule has 1 heterocycles. The first-order valence-electron chi connectivity index (χ1n) is 10.1. The van der Waals surface area contributed by atoms with Crippen molar-refractivity contribution in [1.29, 1.82) is 0 Å². The molecular weight excluding hydrogens is 448 g/mol. The van der Waals surface area contributed by atoms with E-state index in [9.17, 15) is 30.8 Å². The van der Waals surface area contributed by atoms with Crippen LogP contribution in [0.25, 0.3) is 11.1 Å². The van der Waals surface area contributed by atoms with Gasteiger partial charge in [-0.1, -0.05) is 30.3 Å². The van der Waals surface area contributed by atoms with Crippen molar-refractivity contribution in [2.24, 2.45) is 5.92 Å². The second kappa shape index (κ2) is 8.15. The Bertz CT molecular complexity index is 1140. The van der Waals surface area contributed by atoms with Crippen molar-refractivity contribution < 1.29 is 30.8 Å². The van der Waals surface area contributed by atoms with Gasteiger partial charge in [0.15, 0.2) is 0 Å². The van der Waals surface area contributed by atoms with Gasteiger partial charge in [-0.3, -0.25) is 4.79 Å². The number of nitrogens with zero attached hydrogens (tertiary/aromatic N) is 1. The van der Waals surface area contributed by atoms with E-state index in [0.29, 0.717) is 17.5 Å². The molecule has 1 N–H and O–H groups in total. The molecule has 2 unspecified atom stereocenters. The van der Waals surface area contributed by atoms with E-state index < -0.39 is 52.5 Å². The summed E-state index contributed by atoms with van der Waals surface area (Å²) in [7, 11) is -3.89. The van der Waals surface area contributed by atoms with Gasteiger partial charge in [-0.2, -0.15) is 0 Å². The number of carbonyl (C=O) groups excluding carboxylic acids is 1. The molecule has 2 aliphatic rings.